The number of para-hydroxylation sites is 1. The minimum atomic E-state index is -4.52. The molecule has 0 atom stereocenters. The second kappa shape index (κ2) is 4.84. The lowest BCUT2D eigenvalue weighted by Gasteiger charge is -1.99. The first kappa shape index (κ1) is 13.3. The zero-order chi connectivity index (χ0) is 14.0. The van der Waals surface area contributed by atoms with E-state index in [0.717, 1.165) is 0 Å². The van der Waals surface area contributed by atoms with Crippen molar-refractivity contribution in [2.45, 2.75) is 6.18 Å². The summed E-state index contributed by atoms with van der Waals surface area (Å²) in [5.41, 5.74) is 8.33. The molecule has 1 aromatic carbocycles. The summed E-state index contributed by atoms with van der Waals surface area (Å²) in [7, 11) is 0. The smallest absolute Gasteiger partial charge is 0.375 e. The molecule has 1 aromatic heterocycles. The fourth-order valence-corrected chi connectivity index (χ4v) is 1.51. The molecule has 0 unspecified atom stereocenters. The third-order valence-electron chi connectivity index (χ3n) is 2.19. The number of hydrazone groups is 1. The van der Waals surface area contributed by atoms with E-state index < -0.39 is 12.0 Å². The molecule has 0 saturated heterocycles. The second-order valence-corrected chi connectivity index (χ2v) is 4.00. The maximum Gasteiger partial charge on any atom is 0.449 e. The van der Waals surface area contributed by atoms with E-state index in [9.17, 15) is 13.2 Å². The van der Waals surface area contributed by atoms with Gasteiger partial charge in [0.15, 0.2) is 5.11 Å². The monoisotopic (exact) mass is 287 g/mol. The first-order valence-corrected chi connectivity index (χ1v) is 5.43. The minimum Gasteiger partial charge on any atom is -0.375 e. The van der Waals surface area contributed by atoms with E-state index in [1.165, 1.54) is 12.3 Å². The quantitative estimate of drug-likeness (QED) is 0.446. The van der Waals surface area contributed by atoms with Crippen molar-refractivity contribution >= 4 is 34.6 Å². The van der Waals surface area contributed by atoms with Gasteiger partial charge in [-0.25, -0.2) is 4.98 Å². The third-order valence-corrected chi connectivity index (χ3v) is 2.28. The van der Waals surface area contributed by atoms with Gasteiger partial charge in [-0.3, -0.25) is 5.43 Å². The van der Waals surface area contributed by atoms with Crippen LogP contribution >= 0.6 is 12.2 Å². The van der Waals surface area contributed by atoms with Gasteiger partial charge in [0.2, 0.25) is 5.82 Å². The van der Waals surface area contributed by atoms with E-state index in [2.05, 4.69) is 32.7 Å². The van der Waals surface area contributed by atoms with Crippen LogP contribution in [0.25, 0.3) is 11.0 Å². The lowest BCUT2D eigenvalue weighted by atomic mass is 10.2. The molecule has 0 amide bonds. The van der Waals surface area contributed by atoms with Crippen molar-refractivity contribution in [1.82, 2.24) is 15.4 Å². The summed E-state index contributed by atoms with van der Waals surface area (Å²) in [6.07, 6.45) is -3.23. The summed E-state index contributed by atoms with van der Waals surface area (Å²) in [5, 5.41) is 3.65. The summed E-state index contributed by atoms with van der Waals surface area (Å²) in [5.74, 6) is -1.05. The molecular formula is C10H8F3N5S. The molecule has 19 heavy (non-hydrogen) atoms. The second-order valence-electron chi connectivity index (χ2n) is 3.56. The number of aromatic nitrogens is 2. The average Bonchev–Trinajstić information content (AvgIpc) is 2.72. The fraction of sp³-hybridized carbons (Fsp3) is 0.100. The summed E-state index contributed by atoms with van der Waals surface area (Å²) in [4.78, 5) is 5.72. The number of nitrogens with one attached hydrogen (secondary N) is 2. The number of H-pyrrole nitrogens is 1. The van der Waals surface area contributed by atoms with E-state index in [-0.39, 0.29) is 16.1 Å². The van der Waals surface area contributed by atoms with Crippen LogP contribution in [0.1, 0.15) is 11.4 Å². The molecule has 0 aliphatic rings. The number of halogens is 3. The van der Waals surface area contributed by atoms with Crippen LogP contribution in [0.3, 0.4) is 0 Å². The molecule has 0 radical (unpaired) electrons. The number of imidazole rings is 1. The summed E-state index contributed by atoms with van der Waals surface area (Å²) in [6.45, 7) is 0. The van der Waals surface area contributed by atoms with Crippen molar-refractivity contribution in [3.63, 3.8) is 0 Å². The lowest BCUT2D eigenvalue weighted by molar-refractivity contribution is -0.144. The molecule has 0 aliphatic carbocycles. The number of thiocarbonyl (C=S) groups is 1. The van der Waals surface area contributed by atoms with E-state index in [1.807, 2.05) is 0 Å². The number of benzene rings is 1. The van der Waals surface area contributed by atoms with E-state index >= 15 is 0 Å². The summed E-state index contributed by atoms with van der Waals surface area (Å²) >= 11 is 4.54. The zero-order valence-electron chi connectivity index (χ0n) is 9.32. The number of nitrogens with two attached hydrogens (primary N) is 1. The molecule has 0 spiro atoms. The fourth-order valence-electron chi connectivity index (χ4n) is 1.46. The maximum atomic E-state index is 12.5. The Labute approximate surface area is 110 Å². The van der Waals surface area contributed by atoms with E-state index in [4.69, 9.17) is 5.73 Å². The van der Waals surface area contributed by atoms with Crippen LogP contribution in [0.2, 0.25) is 0 Å². The topological polar surface area (TPSA) is 79.1 Å². The Morgan fingerprint density at radius 1 is 1.47 bits per heavy atom. The summed E-state index contributed by atoms with van der Waals surface area (Å²) in [6, 6.07) is 4.66. The van der Waals surface area contributed by atoms with Crippen molar-refractivity contribution in [2.24, 2.45) is 10.8 Å². The van der Waals surface area contributed by atoms with Crippen molar-refractivity contribution < 1.29 is 13.2 Å². The van der Waals surface area contributed by atoms with Crippen LogP contribution in [0.4, 0.5) is 13.2 Å². The number of fused-ring (bicyclic) bond motifs is 1. The van der Waals surface area contributed by atoms with Crippen LogP contribution in [0, 0.1) is 0 Å². The summed E-state index contributed by atoms with van der Waals surface area (Å²) < 4.78 is 37.6. The average molecular weight is 287 g/mol. The molecule has 5 nitrogen and oxygen atoms in total. The van der Waals surface area contributed by atoms with Crippen LogP contribution in [-0.2, 0) is 6.18 Å². The molecule has 0 bridgehead atoms. The number of hydrogen-bond donors (Lipinski definition) is 3. The maximum absolute atomic E-state index is 12.5. The molecule has 0 fully saturated rings. The van der Waals surface area contributed by atoms with Gasteiger partial charge >= 0.3 is 6.18 Å². The Kier molecular flexibility index (Phi) is 3.38. The van der Waals surface area contributed by atoms with Gasteiger partial charge in [-0.2, -0.15) is 18.3 Å². The van der Waals surface area contributed by atoms with Crippen LogP contribution < -0.4 is 11.2 Å². The first-order valence-electron chi connectivity index (χ1n) is 5.02. The number of alkyl halides is 3. The van der Waals surface area contributed by atoms with Crippen LogP contribution in [0.5, 0.6) is 0 Å². The molecule has 0 aliphatic heterocycles. The van der Waals surface area contributed by atoms with Crippen molar-refractivity contribution in [1.29, 1.82) is 0 Å². The molecule has 2 rings (SSSR count). The van der Waals surface area contributed by atoms with E-state index in [0.29, 0.717) is 5.56 Å². The Morgan fingerprint density at radius 2 is 2.21 bits per heavy atom. The highest BCUT2D eigenvalue weighted by atomic mass is 32.1. The van der Waals surface area contributed by atoms with Crippen molar-refractivity contribution in [2.75, 3.05) is 0 Å². The van der Waals surface area contributed by atoms with Crippen LogP contribution in [0.15, 0.2) is 23.3 Å². The lowest BCUT2D eigenvalue weighted by Crippen LogP contribution is -2.24. The van der Waals surface area contributed by atoms with Crippen LogP contribution in [-0.4, -0.2) is 21.3 Å². The Bertz CT molecular complexity index is 646. The number of nitrogens with zero attached hydrogens (tertiary/aromatic N) is 2. The van der Waals surface area contributed by atoms with Gasteiger partial charge in [0.25, 0.3) is 0 Å². The third kappa shape index (κ3) is 2.99. The highest BCUT2D eigenvalue weighted by Gasteiger charge is 2.34. The van der Waals surface area contributed by atoms with Gasteiger partial charge < -0.3 is 10.7 Å². The molecule has 2 aromatic rings. The standard InChI is InChI=1S/C10H8F3N5S/c11-10(12,13)8-16-6-3-1-2-5(7(6)17-8)4-15-18-9(14)19/h1-4H,(H,16,17)(H3,14,18,19). The molecule has 4 N–H and O–H groups in total. The van der Waals surface area contributed by atoms with Crippen molar-refractivity contribution in [3.8, 4) is 0 Å². The predicted octanol–water partition coefficient (Wildman–Crippen LogP) is 1.75. The van der Waals surface area contributed by atoms with Gasteiger partial charge in [-0.05, 0) is 18.3 Å². The van der Waals surface area contributed by atoms with Crippen molar-refractivity contribution in [3.05, 3.63) is 29.6 Å². The minimum absolute atomic E-state index is 0.0403. The normalized spacial score (nSPS) is 12.2. The van der Waals surface area contributed by atoms with E-state index in [1.54, 1.807) is 12.1 Å². The van der Waals surface area contributed by atoms with Gasteiger partial charge in [0, 0.05) is 5.56 Å². The Morgan fingerprint density at radius 3 is 2.84 bits per heavy atom. The highest BCUT2D eigenvalue weighted by Crippen LogP contribution is 2.29. The molecule has 0 saturated carbocycles. The number of hydrogen-bond acceptors (Lipinski definition) is 3. The SMILES string of the molecule is NC(=S)NN=Cc1cccc2[nH]c(C(F)(F)F)nc12. The Balaban J connectivity index is 2.42. The predicted molar refractivity (Wildman–Crippen MR) is 68.6 cm³/mol. The zero-order valence-corrected chi connectivity index (χ0v) is 10.1. The largest absolute Gasteiger partial charge is 0.449 e. The van der Waals surface area contributed by atoms with Gasteiger partial charge in [-0.1, -0.05) is 12.1 Å². The van der Waals surface area contributed by atoms with Gasteiger partial charge in [0.1, 0.15) is 0 Å². The molecule has 9 heteroatoms. The molecule has 100 valence electrons. The Hall–Kier alpha value is -2.16. The first-order chi connectivity index (χ1) is 8.88. The number of rotatable bonds is 2. The van der Waals surface area contributed by atoms with Gasteiger partial charge in [0.05, 0.1) is 17.2 Å². The number of aromatic amines is 1. The van der Waals surface area contributed by atoms with Gasteiger partial charge in [-0.15, -0.1) is 0 Å². The molecular weight excluding hydrogens is 279 g/mol. The molecule has 1 heterocycles. The highest BCUT2D eigenvalue weighted by molar-refractivity contribution is 7.80.